The van der Waals surface area contributed by atoms with Crippen molar-refractivity contribution >= 4 is 46.0 Å². The summed E-state index contributed by atoms with van der Waals surface area (Å²) < 4.78 is 33.1. The van der Waals surface area contributed by atoms with Crippen molar-refractivity contribution in [1.29, 1.82) is 0 Å². The minimum absolute atomic E-state index is 0.0518. The first kappa shape index (κ1) is 33.4. The van der Waals surface area contributed by atoms with Crippen LogP contribution in [0.1, 0.15) is 61.9 Å². The fourth-order valence-corrected chi connectivity index (χ4v) is 7.52. The number of carbonyl (C=O) groups excluding carboxylic acids is 2. The van der Waals surface area contributed by atoms with Crippen LogP contribution in [0.15, 0.2) is 47.1 Å². The Morgan fingerprint density at radius 2 is 1.79 bits per heavy atom. The summed E-state index contributed by atoms with van der Waals surface area (Å²) in [7, 11) is 0. The minimum atomic E-state index is -0.762. The van der Waals surface area contributed by atoms with E-state index in [0.717, 1.165) is 19.2 Å². The number of benzene rings is 2. The highest BCUT2D eigenvalue weighted by Crippen LogP contribution is 2.32. The zero-order valence-electron chi connectivity index (χ0n) is 26.6. The van der Waals surface area contributed by atoms with Crippen LogP contribution in [0.4, 0.5) is 10.1 Å². The second kappa shape index (κ2) is 14.3. The van der Waals surface area contributed by atoms with Gasteiger partial charge in [0.15, 0.2) is 0 Å². The van der Waals surface area contributed by atoms with Gasteiger partial charge in [-0.3, -0.25) is 19.3 Å². The van der Waals surface area contributed by atoms with Crippen molar-refractivity contribution in [3.8, 4) is 0 Å². The molecule has 0 spiro atoms. The minimum Gasteiger partial charge on any atom is -0.481 e. The molecule has 3 aromatic rings. The lowest BCUT2D eigenvalue weighted by atomic mass is 9.87. The Kier molecular flexibility index (Phi) is 10.2. The van der Waals surface area contributed by atoms with E-state index in [1.807, 2.05) is 13.8 Å². The van der Waals surface area contributed by atoms with Gasteiger partial charge in [0, 0.05) is 31.1 Å². The summed E-state index contributed by atoms with van der Waals surface area (Å²) in [6, 6.07) is 9.53. The third kappa shape index (κ3) is 7.64. The number of carboxylic acids is 1. The average Bonchev–Trinajstić information content (AvgIpc) is 3.67. The van der Waals surface area contributed by atoms with Crippen molar-refractivity contribution < 1.29 is 37.8 Å². The fraction of sp³-hybridized carbons (Fsp3) is 0.514. The Bertz CT molecular complexity index is 1610. The Labute approximate surface area is 278 Å². The molecule has 252 valence electrons. The predicted octanol–water partition coefficient (Wildman–Crippen LogP) is 5.76. The molecule has 1 saturated carbocycles. The summed E-state index contributed by atoms with van der Waals surface area (Å²) in [5.74, 6) is -2.47. The van der Waals surface area contributed by atoms with Crippen LogP contribution in [0, 0.1) is 11.7 Å². The first-order valence-corrected chi connectivity index (χ1v) is 16.7. The number of anilines is 1. The van der Waals surface area contributed by atoms with Crippen molar-refractivity contribution in [3.05, 3.63) is 64.6 Å². The SMILES string of the molecule is C[C@@H]1CN([C@H]2C[C@@H](CO[C@H]3CC[C@H](C(=O)O)CC3)N(C(=O)Cc3cc(Cl)c(NC(=O)c4coc5ccccc45)cc3F)C2)C[C@H](C)O1. The van der Waals surface area contributed by atoms with Gasteiger partial charge in [-0.25, -0.2) is 4.39 Å². The quantitative estimate of drug-likeness (QED) is 0.295. The molecule has 2 amide bonds. The van der Waals surface area contributed by atoms with Crippen LogP contribution in [0.5, 0.6) is 0 Å². The molecule has 3 heterocycles. The largest absolute Gasteiger partial charge is 0.481 e. The van der Waals surface area contributed by atoms with E-state index in [1.54, 1.807) is 29.2 Å². The molecule has 12 heteroatoms. The van der Waals surface area contributed by atoms with Gasteiger partial charge in [0.1, 0.15) is 17.7 Å². The summed E-state index contributed by atoms with van der Waals surface area (Å²) >= 11 is 6.51. The zero-order valence-corrected chi connectivity index (χ0v) is 27.4. The Morgan fingerprint density at radius 3 is 2.51 bits per heavy atom. The third-order valence-corrected chi connectivity index (χ3v) is 9.99. The fourth-order valence-electron chi connectivity index (χ4n) is 7.29. The van der Waals surface area contributed by atoms with Crippen molar-refractivity contribution in [2.45, 2.75) is 82.8 Å². The lowest BCUT2D eigenvalue weighted by molar-refractivity contribution is -0.144. The number of amides is 2. The zero-order chi connectivity index (χ0) is 33.2. The number of halogens is 2. The number of fused-ring (bicyclic) bond motifs is 1. The molecular weight excluding hydrogens is 629 g/mol. The molecule has 0 unspecified atom stereocenters. The van der Waals surface area contributed by atoms with Crippen LogP contribution in [0.25, 0.3) is 11.0 Å². The average molecular weight is 670 g/mol. The maximum Gasteiger partial charge on any atom is 0.306 e. The molecule has 0 radical (unpaired) electrons. The molecular formula is C35H41ClFN3O7. The first-order valence-electron chi connectivity index (χ1n) is 16.3. The van der Waals surface area contributed by atoms with E-state index in [-0.39, 0.29) is 64.9 Å². The molecule has 4 atom stereocenters. The number of nitrogens with zero attached hydrogens (tertiary/aromatic N) is 2. The number of rotatable bonds is 9. The van der Waals surface area contributed by atoms with E-state index in [2.05, 4.69) is 10.2 Å². The molecule has 2 N–H and O–H groups in total. The summed E-state index contributed by atoms with van der Waals surface area (Å²) in [6.45, 7) is 6.43. The van der Waals surface area contributed by atoms with Crippen molar-refractivity contribution in [1.82, 2.24) is 9.80 Å². The molecule has 3 aliphatic rings. The van der Waals surface area contributed by atoms with Gasteiger partial charge in [0.05, 0.1) is 59.6 Å². The number of hydrogen-bond acceptors (Lipinski definition) is 7. The topological polar surface area (TPSA) is 122 Å². The first-order chi connectivity index (χ1) is 22.5. The van der Waals surface area contributed by atoms with Crippen LogP contribution in [0.3, 0.4) is 0 Å². The van der Waals surface area contributed by atoms with E-state index in [9.17, 15) is 19.5 Å². The number of likely N-dealkylation sites (tertiary alicyclic amines) is 1. The Balaban J connectivity index is 1.14. The molecule has 2 saturated heterocycles. The van der Waals surface area contributed by atoms with Crippen molar-refractivity contribution in [2.24, 2.45) is 5.92 Å². The number of furan rings is 1. The lowest BCUT2D eigenvalue weighted by Gasteiger charge is -2.38. The Hall–Kier alpha value is -3.51. The second-order valence-electron chi connectivity index (χ2n) is 13.1. The smallest absolute Gasteiger partial charge is 0.306 e. The molecule has 2 aliphatic heterocycles. The van der Waals surface area contributed by atoms with Crippen LogP contribution in [-0.4, -0.2) is 89.3 Å². The maximum atomic E-state index is 15.5. The van der Waals surface area contributed by atoms with Crippen LogP contribution >= 0.6 is 11.6 Å². The maximum absolute atomic E-state index is 15.5. The summed E-state index contributed by atoms with van der Waals surface area (Å²) in [4.78, 5) is 42.4. The van der Waals surface area contributed by atoms with Gasteiger partial charge in [0.25, 0.3) is 5.91 Å². The number of carboxylic acid groups (broad SMARTS) is 1. The molecule has 6 rings (SSSR count). The van der Waals surface area contributed by atoms with Gasteiger partial charge < -0.3 is 29.2 Å². The normalized spacial score (nSPS) is 26.9. The number of hydrogen-bond donors (Lipinski definition) is 2. The van der Waals surface area contributed by atoms with Crippen LogP contribution in [0.2, 0.25) is 5.02 Å². The van der Waals surface area contributed by atoms with Gasteiger partial charge in [-0.1, -0.05) is 29.8 Å². The third-order valence-electron chi connectivity index (χ3n) is 9.68. The Morgan fingerprint density at radius 1 is 1.06 bits per heavy atom. The van der Waals surface area contributed by atoms with Crippen molar-refractivity contribution in [3.63, 3.8) is 0 Å². The highest BCUT2D eigenvalue weighted by molar-refractivity contribution is 6.34. The van der Waals surface area contributed by atoms with E-state index < -0.39 is 17.7 Å². The number of nitrogens with one attached hydrogen (secondary N) is 1. The molecule has 47 heavy (non-hydrogen) atoms. The monoisotopic (exact) mass is 669 g/mol. The van der Waals surface area contributed by atoms with Gasteiger partial charge >= 0.3 is 5.97 Å². The molecule has 2 aromatic carbocycles. The lowest BCUT2D eigenvalue weighted by Crippen LogP contribution is -2.51. The van der Waals surface area contributed by atoms with Gasteiger partial charge in [-0.05, 0) is 69.7 Å². The number of carbonyl (C=O) groups is 3. The highest BCUT2D eigenvalue weighted by atomic mass is 35.5. The van der Waals surface area contributed by atoms with Gasteiger partial charge in [-0.2, -0.15) is 0 Å². The van der Waals surface area contributed by atoms with Crippen LogP contribution < -0.4 is 5.32 Å². The second-order valence-corrected chi connectivity index (χ2v) is 13.6. The van der Waals surface area contributed by atoms with E-state index in [1.165, 1.54) is 12.3 Å². The van der Waals surface area contributed by atoms with Crippen molar-refractivity contribution in [2.75, 3.05) is 31.6 Å². The number of para-hydroxylation sites is 1. The molecule has 1 aliphatic carbocycles. The standard InChI is InChI=1S/C35H41ClFN3O7/c1-20-15-39(16-21(2)47-20)24-13-25(18-45-26-9-7-22(8-10-26)35(43)44)40(17-24)33(41)12-23-11-29(36)31(14-30(23)37)38-34(42)28-19-46-32-6-4-3-5-27(28)32/h3-6,11,14,19-22,24-26H,7-10,12-13,15-18H2,1-2H3,(H,38,42)(H,43,44)/t20-,21+,22-,24-,25-,26-/m0/s1. The van der Waals surface area contributed by atoms with E-state index >= 15 is 4.39 Å². The summed E-state index contributed by atoms with van der Waals surface area (Å²) in [5, 5.41) is 12.7. The van der Waals surface area contributed by atoms with Gasteiger partial charge in [-0.15, -0.1) is 0 Å². The molecule has 10 nitrogen and oxygen atoms in total. The van der Waals surface area contributed by atoms with Crippen LogP contribution in [-0.2, 0) is 25.5 Å². The number of ether oxygens (including phenoxy) is 2. The summed E-state index contributed by atoms with van der Waals surface area (Å²) in [6.07, 6.45) is 4.45. The highest BCUT2D eigenvalue weighted by Gasteiger charge is 2.40. The van der Waals surface area contributed by atoms with E-state index in [4.69, 9.17) is 25.5 Å². The molecule has 0 bridgehead atoms. The molecule has 1 aromatic heterocycles. The van der Waals surface area contributed by atoms with E-state index in [0.29, 0.717) is 61.8 Å². The molecule has 3 fully saturated rings. The number of morpholine rings is 1. The predicted molar refractivity (Wildman–Crippen MR) is 174 cm³/mol. The summed E-state index contributed by atoms with van der Waals surface area (Å²) in [5.41, 5.74) is 1.08. The van der Waals surface area contributed by atoms with Gasteiger partial charge in [0.2, 0.25) is 5.91 Å². The number of aliphatic carboxylic acids is 1.